The van der Waals surface area contributed by atoms with Crippen molar-refractivity contribution in [3.05, 3.63) is 76.8 Å². The number of morpholine rings is 1. The van der Waals surface area contributed by atoms with Gasteiger partial charge < -0.3 is 9.64 Å². The number of anilines is 1. The van der Waals surface area contributed by atoms with Gasteiger partial charge in [0, 0.05) is 44.2 Å². The number of aryl methyl sites for hydroxylation is 1. The topological polar surface area (TPSA) is 60.2 Å². The molecule has 1 saturated heterocycles. The summed E-state index contributed by atoms with van der Waals surface area (Å²) in [5, 5.41) is 0. The molecule has 6 nitrogen and oxygen atoms in total. The molecule has 1 atom stereocenters. The molecule has 0 N–H and O–H groups in total. The van der Waals surface area contributed by atoms with E-state index < -0.39 is 0 Å². The molecule has 1 aromatic carbocycles. The number of halogens is 1. The zero-order valence-electron chi connectivity index (χ0n) is 16.4. The lowest BCUT2D eigenvalue weighted by Crippen LogP contribution is -2.45. The molecule has 2 aromatic heterocycles. The Balaban J connectivity index is 0.00000240. The maximum Gasteiger partial charge on any atom is 0.255 e. The van der Waals surface area contributed by atoms with E-state index >= 15 is 0 Å². The van der Waals surface area contributed by atoms with Crippen molar-refractivity contribution >= 4 is 18.4 Å². The molecule has 1 fully saturated rings. The van der Waals surface area contributed by atoms with Crippen molar-refractivity contribution in [1.29, 1.82) is 0 Å². The van der Waals surface area contributed by atoms with Gasteiger partial charge in [0.2, 0.25) is 5.95 Å². The van der Waals surface area contributed by atoms with E-state index in [1.807, 2.05) is 18.2 Å². The van der Waals surface area contributed by atoms with Gasteiger partial charge in [0.1, 0.15) is 0 Å². The Morgan fingerprint density at radius 2 is 1.90 bits per heavy atom. The standard InChI is InChI=1S/C22H24N4O2.ClH/c1-25-21(27)15-20(18-9-11-23-12-10-18)24-22(25)26-13-14-28-19(16-26)8-7-17-5-3-2-4-6-17;/h2-6,9-12,15,19H,7-8,13-14,16H2,1H3;1H. The van der Waals surface area contributed by atoms with Gasteiger partial charge in [0.15, 0.2) is 0 Å². The summed E-state index contributed by atoms with van der Waals surface area (Å²) in [4.78, 5) is 23.5. The first-order valence-electron chi connectivity index (χ1n) is 9.59. The third kappa shape index (κ3) is 5.02. The van der Waals surface area contributed by atoms with Crippen molar-refractivity contribution in [2.45, 2.75) is 18.9 Å². The average Bonchev–Trinajstić information content (AvgIpc) is 2.75. The van der Waals surface area contributed by atoms with Crippen LogP contribution in [0.1, 0.15) is 12.0 Å². The summed E-state index contributed by atoms with van der Waals surface area (Å²) in [6.07, 6.45) is 5.46. The monoisotopic (exact) mass is 412 g/mol. The molecular formula is C22H25ClN4O2. The van der Waals surface area contributed by atoms with Crippen LogP contribution in [0, 0.1) is 0 Å². The van der Waals surface area contributed by atoms with Crippen LogP contribution < -0.4 is 10.5 Å². The molecule has 0 radical (unpaired) electrons. The molecule has 152 valence electrons. The van der Waals surface area contributed by atoms with Gasteiger partial charge in [-0.1, -0.05) is 30.3 Å². The number of hydrogen-bond acceptors (Lipinski definition) is 5. The van der Waals surface area contributed by atoms with E-state index in [0.29, 0.717) is 18.2 Å². The highest BCUT2D eigenvalue weighted by atomic mass is 35.5. The van der Waals surface area contributed by atoms with Crippen LogP contribution in [0.5, 0.6) is 0 Å². The van der Waals surface area contributed by atoms with Crippen molar-refractivity contribution in [2.75, 3.05) is 24.6 Å². The second-order valence-corrected chi connectivity index (χ2v) is 7.04. The summed E-state index contributed by atoms with van der Waals surface area (Å²) in [6.45, 7) is 2.09. The quantitative estimate of drug-likeness (QED) is 0.644. The third-order valence-electron chi connectivity index (χ3n) is 5.11. The molecule has 1 unspecified atom stereocenters. The van der Waals surface area contributed by atoms with E-state index in [-0.39, 0.29) is 24.1 Å². The van der Waals surface area contributed by atoms with Gasteiger partial charge in [0.25, 0.3) is 5.56 Å². The van der Waals surface area contributed by atoms with E-state index in [1.54, 1.807) is 30.1 Å². The molecule has 0 amide bonds. The van der Waals surface area contributed by atoms with Crippen molar-refractivity contribution in [3.63, 3.8) is 0 Å². The Kier molecular flexibility index (Phi) is 7.01. The number of nitrogens with zero attached hydrogens (tertiary/aromatic N) is 4. The van der Waals surface area contributed by atoms with E-state index in [1.165, 1.54) is 5.56 Å². The molecule has 0 spiro atoms. The van der Waals surface area contributed by atoms with Gasteiger partial charge in [-0.3, -0.25) is 14.3 Å². The number of ether oxygens (including phenoxy) is 1. The van der Waals surface area contributed by atoms with Crippen LogP contribution in [0.25, 0.3) is 11.3 Å². The van der Waals surface area contributed by atoms with E-state index in [9.17, 15) is 4.79 Å². The SMILES string of the molecule is Cl.Cn1c(N2CCOC(CCc3ccccc3)C2)nc(-c2ccncc2)cc1=O. The molecule has 3 heterocycles. The second kappa shape index (κ2) is 9.67. The zero-order valence-corrected chi connectivity index (χ0v) is 17.2. The highest BCUT2D eigenvalue weighted by Gasteiger charge is 2.24. The first-order chi connectivity index (χ1) is 13.7. The van der Waals surface area contributed by atoms with Crippen LogP contribution in [0.15, 0.2) is 65.7 Å². The van der Waals surface area contributed by atoms with E-state index in [4.69, 9.17) is 9.72 Å². The number of pyridine rings is 1. The molecule has 1 aliphatic heterocycles. The molecule has 1 aliphatic rings. The Morgan fingerprint density at radius 1 is 1.14 bits per heavy atom. The lowest BCUT2D eigenvalue weighted by Gasteiger charge is -2.34. The van der Waals surface area contributed by atoms with Crippen molar-refractivity contribution < 1.29 is 4.74 Å². The Bertz CT molecular complexity index is 979. The molecule has 0 bridgehead atoms. The molecule has 0 aliphatic carbocycles. The number of benzene rings is 1. The second-order valence-electron chi connectivity index (χ2n) is 7.04. The third-order valence-corrected chi connectivity index (χ3v) is 5.11. The van der Waals surface area contributed by atoms with Crippen molar-refractivity contribution in [3.8, 4) is 11.3 Å². The van der Waals surface area contributed by atoms with Crippen molar-refractivity contribution in [2.24, 2.45) is 7.05 Å². The first kappa shape index (κ1) is 21.0. The summed E-state index contributed by atoms with van der Waals surface area (Å²) in [7, 11) is 1.77. The van der Waals surface area contributed by atoms with Crippen LogP contribution in [-0.2, 0) is 18.2 Å². The predicted molar refractivity (Wildman–Crippen MR) is 117 cm³/mol. The van der Waals surface area contributed by atoms with Gasteiger partial charge in [-0.2, -0.15) is 0 Å². The fraction of sp³-hybridized carbons (Fsp3) is 0.318. The lowest BCUT2D eigenvalue weighted by molar-refractivity contribution is 0.0347. The minimum atomic E-state index is -0.0656. The number of aromatic nitrogens is 3. The lowest BCUT2D eigenvalue weighted by atomic mass is 10.1. The summed E-state index contributed by atoms with van der Waals surface area (Å²) < 4.78 is 7.59. The largest absolute Gasteiger partial charge is 0.375 e. The fourth-order valence-corrected chi connectivity index (χ4v) is 3.53. The maximum absolute atomic E-state index is 12.5. The molecule has 4 rings (SSSR count). The van der Waals surface area contributed by atoms with E-state index in [2.05, 4.69) is 34.1 Å². The molecule has 0 saturated carbocycles. The Labute approximate surface area is 176 Å². The summed E-state index contributed by atoms with van der Waals surface area (Å²) in [5.74, 6) is 0.687. The summed E-state index contributed by atoms with van der Waals surface area (Å²) in [6, 6.07) is 15.8. The van der Waals surface area contributed by atoms with E-state index in [0.717, 1.165) is 31.5 Å². The normalized spacial score (nSPS) is 16.3. The van der Waals surface area contributed by atoms with Gasteiger partial charge in [-0.05, 0) is 30.5 Å². The number of rotatable bonds is 5. The molecule has 3 aromatic rings. The van der Waals surface area contributed by atoms with Gasteiger partial charge in [0.05, 0.1) is 18.4 Å². The van der Waals surface area contributed by atoms with Crippen molar-refractivity contribution in [1.82, 2.24) is 14.5 Å². The van der Waals surface area contributed by atoms with Crippen LogP contribution >= 0.6 is 12.4 Å². The van der Waals surface area contributed by atoms with Gasteiger partial charge in [-0.25, -0.2) is 4.98 Å². The van der Waals surface area contributed by atoms with Crippen LogP contribution in [0.3, 0.4) is 0 Å². The van der Waals surface area contributed by atoms with Gasteiger partial charge >= 0.3 is 0 Å². The summed E-state index contributed by atoms with van der Waals surface area (Å²) >= 11 is 0. The minimum Gasteiger partial charge on any atom is -0.375 e. The van der Waals surface area contributed by atoms with Crippen LogP contribution in [0.2, 0.25) is 0 Å². The molecule has 7 heteroatoms. The molecule has 29 heavy (non-hydrogen) atoms. The van der Waals surface area contributed by atoms with Crippen LogP contribution in [0.4, 0.5) is 5.95 Å². The number of hydrogen-bond donors (Lipinski definition) is 0. The fourth-order valence-electron chi connectivity index (χ4n) is 3.53. The average molecular weight is 413 g/mol. The summed E-state index contributed by atoms with van der Waals surface area (Å²) in [5.41, 5.74) is 2.81. The maximum atomic E-state index is 12.5. The zero-order chi connectivity index (χ0) is 19.3. The van der Waals surface area contributed by atoms with Crippen LogP contribution in [-0.4, -0.2) is 40.3 Å². The highest BCUT2D eigenvalue weighted by molar-refractivity contribution is 5.85. The predicted octanol–water partition coefficient (Wildman–Crippen LogP) is 3.10. The molecular weight excluding hydrogens is 388 g/mol. The Hall–Kier alpha value is -2.70. The van der Waals surface area contributed by atoms with Gasteiger partial charge in [-0.15, -0.1) is 12.4 Å². The highest BCUT2D eigenvalue weighted by Crippen LogP contribution is 2.21. The minimum absolute atomic E-state index is 0. The Morgan fingerprint density at radius 3 is 2.66 bits per heavy atom. The first-order valence-corrected chi connectivity index (χ1v) is 9.59. The smallest absolute Gasteiger partial charge is 0.255 e.